The molecule has 1 fully saturated rings. The lowest BCUT2D eigenvalue weighted by atomic mass is 9.58. The molecule has 3 rings (SSSR count). The third kappa shape index (κ3) is 2.41. The highest BCUT2D eigenvalue weighted by Gasteiger charge is 2.61. The van der Waals surface area contributed by atoms with Gasteiger partial charge in [0.15, 0.2) is 16.9 Å². The fourth-order valence-electron chi connectivity index (χ4n) is 4.86. The molecule has 0 N–H and O–H groups in total. The van der Waals surface area contributed by atoms with Gasteiger partial charge in [0.25, 0.3) is 0 Å². The second kappa shape index (κ2) is 7.04. The maximum Gasteiger partial charge on any atom is 0.327 e. The summed E-state index contributed by atoms with van der Waals surface area (Å²) in [7, 11) is 7.23. The molecule has 2 aliphatic rings. The Morgan fingerprint density at radius 1 is 0.893 bits per heavy atom. The number of rotatable bonds is 5. The standard InChI is InChI=1S/C21H26O7/c1-20-8-7-9-21(18(22)27-5,19(23)28-6)14(20)11-12-10-13(24-2)16(25-3)17(26-4)15(12)20/h10-11H,7-9H2,1-6H3. The number of ether oxygens (including phenoxy) is 5. The summed E-state index contributed by atoms with van der Waals surface area (Å²) in [4.78, 5) is 25.8. The van der Waals surface area contributed by atoms with Crippen LogP contribution >= 0.6 is 0 Å². The molecule has 0 saturated heterocycles. The zero-order chi connectivity index (χ0) is 20.7. The quantitative estimate of drug-likeness (QED) is 0.565. The van der Waals surface area contributed by atoms with Gasteiger partial charge in [0.2, 0.25) is 5.75 Å². The molecule has 1 aromatic carbocycles. The number of methoxy groups -OCH3 is 5. The van der Waals surface area contributed by atoms with Crippen LogP contribution in [-0.4, -0.2) is 47.5 Å². The van der Waals surface area contributed by atoms with E-state index >= 15 is 0 Å². The van der Waals surface area contributed by atoms with Crippen molar-refractivity contribution in [2.45, 2.75) is 31.6 Å². The lowest BCUT2D eigenvalue weighted by molar-refractivity contribution is -0.168. The Bertz CT molecular complexity index is 839. The Hall–Kier alpha value is -2.70. The van der Waals surface area contributed by atoms with E-state index in [4.69, 9.17) is 23.7 Å². The largest absolute Gasteiger partial charge is 0.493 e. The predicted octanol–water partition coefficient (Wildman–Crippen LogP) is 2.88. The molecule has 1 atom stereocenters. The van der Waals surface area contributed by atoms with Crippen LogP contribution in [0.15, 0.2) is 11.6 Å². The number of fused-ring (bicyclic) bond motifs is 3. The Morgan fingerprint density at radius 2 is 1.50 bits per heavy atom. The molecule has 152 valence electrons. The van der Waals surface area contributed by atoms with Crippen molar-refractivity contribution < 1.29 is 33.3 Å². The van der Waals surface area contributed by atoms with E-state index in [1.54, 1.807) is 21.3 Å². The Balaban J connectivity index is 2.33. The molecule has 1 unspecified atom stereocenters. The van der Waals surface area contributed by atoms with Gasteiger partial charge in [-0.3, -0.25) is 9.59 Å². The Labute approximate surface area is 164 Å². The van der Waals surface area contributed by atoms with Gasteiger partial charge in [-0.15, -0.1) is 0 Å². The molecule has 7 nitrogen and oxygen atoms in total. The zero-order valence-corrected chi connectivity index (χ0v) is 17.1. The van der Waals surface area contributed by atoms with Crippen LogP contribution < -0.4 is 14.2 Å². The molecule has 0 radical (unpaired) electrons. The molecular weight excluding hydrogens is 364 g/mol. The number of esters is 2. The molecule has 0 aromatic heterocycles. The molecule has 0 heterocycles. The van der Waals surface area contributed by atoms with Gasteiger partial charge in [-0.25, -0.2) is 0 Å². The van der Waals surface area contributed by atoms with Gasteiger partial charge < -0.3 is 23.7 Å². The van der Waals surface area contributed by atoms with Crippen LogP contribution in [0.2, 0.25) is 0 Å². The van der Waals surface area contributed by atoms with Crippen molar-refractivity contribution in [2.75, 3.05) is 35.5 Å². The van der Waals surface area contributed by atoms with Crippen molar-refractivity contribution in [1.82, 2.24) is 0 Å². The van der Waals surface area contributed by atoms with Crippen LogP contribution in [0.25, 0.3) is 6.08 Å². The summed E-state index contributed by atoms with van der Waals surface area (Å²) in [5, 5.41) is 0. The SMILES string of the molecule is COC(=O)C1(C(=O)OC)CCCC2(C)C1=Cc1cc(OC)c(OC)c(OC)c12. The molecule has 1 aromatic rings. The fourth-order valence-corrected chi connectivity index (χ4v) is 4.86. The lowest BCUT2D eigenvalue weighted by Gasteiger charge is -2.44. The molecule has 28 heavy (non-hydrogen) atoms. The predicted molar refractivity (Wildman–Crippen MR) is 102 cm³/mol. The number of hydrogen-bond acceptors (Lipinski definition) is 7. The summed E-state index contributed by atoms with van der Waals surface area (Å²) in [5.41, 5.74) is 0.265. The first-order chi connectivity index (χ1) is 13.3. The highest BCUT2D eigenvalue weighted by Crippen LogP contribution is 2.62. The third-order valence-electron chi connectivity index (χ3n) is 6.06. The van der Waals surface area contributed by atoms with Crippen LogP contribution in [0, 0.1) is 5.41 Å². The summed E-state index contributed by atoms with van der Waals surface area (Å²) >= 11 is 0. The monoisotopic (exact) mass is 390 g/mol. The maximum absolute atomic E-state index is 12.9. The van der Waals surface area contributed by atoms with Gasteiger partial charge in [-0.05, 0) is 30.0 Å². The summed E-state index contributed by atoms with van der Waals surface area (Å²) in [5.74, 6) is 0.312. The van der Waals surface area contributed by atoms with Gasteiger partial charge in [-0.2, -0.15) is 0 Å². The van der Waals surface area contributed by atoms with E-state index in [0.717, 1.165) is 17.5 Å². The number of carbonyl (C=O) groups is 2. The van der Waals surface area contributed by atoms with Crippen molar-refractivity contribution in [1.29, 1.82) is 0 Å². The number of hydrogen-bond donors (Lipinski definition) is 0. The van der Waals surface area contributed by atoms with Crippen LogP contribution in [-0.2, 0) is 24.5 Å². The van der Waals surface area contributed by atoms with E-state index in [-0.39, 0.29) is 0 Å². The zero-order valence-electron chi connectivity index (χ0n) is 17.1. The minimum atomic E-state index is -1.49. The van der Waals surface area contributed by atoms with E-state index in [9.17, 15) is 9.59 Å². The Morgan fingerprint density at radius 3 is 2.00 bits per heavy atom. The molecule has 1 saturated carbocycles. The van der Waals surface area contributed by atoms with Crippen LogP contribution in [0.5, 0.6) is 17.2 Å². The van der Waals surface area contributed by atoms with Crippen LogP contribution in [0.3, 0.4) is 0 Å². The van der Waals surface area contributed by atoms with Crippen molar-refractivity contribution in [3.05, 3.63) is 22.8 Å². The second-order valence-electron chi connectivity index (χ2n) is 7.24. The normalized spacial score (nSPS) is 21.7. The molecule has 0 aliphatic heterocycles. The van der Waals surface area contributed by atoms with Gasteiger partial charge in [0, 0.05) is 11.0 Å². The first-order valence-electron chi connectivity index (χ1n) is 9.08. The van der Waals surface area contributed by atoms with E-state index in [0.29, 0.717) is 35.7 Å². The summed E-state index contributed by atoms with van der Waals surface area (Å²) in [6.45, 7) is 2.01. The fraction of sp³-hybridized carbons (Fsp3) is 0.524. The molecule has 7 heteroatoms. The highest BCUT2D eigenvalue weighted by molar-refractivity contribution is 6.06. The topological polar surface area (TPSA) is 80.3 Å². The third-order valence-corrected chi connectivity index (χ3v) is 6.06. The average molecular weight is 390 g/mol. The molecule has 2 aliphatic carbocycles. The van der Waals surface area contributed by atoms with Gasteiger partial charge in [-0.1, -0.05) is 19.4 Å². The van der Waals surface area contributed by atoms with Crippen molar-refractivity contribution in [2.24, 2.45) is 5.41 Å². The first-order valence-corrected chi connectivity index (χ1v) is 9.08. The van der Waals surface area contributed by atoms with Crippen molar-refractivity contribution >= 4 is 18.0 Å². The molecular formula is C21H26O7. The summed E-state index contributed by atoms with van der Waals surface area (Å²) in [6.07, 6.45) is 3.59. The molecule has 0 bridgehead atoms. The van der Waals surface area contributed by atoms with Crippen LogP contribution in [0.4, 0.5) is 0 Å². The minimum Gasteiger partial charge on any atom is -0.493 e. The number of carbonyl (C=O) groups excluding carboxylic acids is 2. The molecule has 0 spiro atoms. The van der Waals surface area contributed by atoms with Crippen molar-refractivity contribution in [3.8, 4) is 17.2 Å². The second-order valence-corrected chi connectivity index (χ2v) is 7.24. The smallest absolute Gasteiger partial charge is 0.327 e. The first kappa shape index (κ1) is 20.0. The molecule has 0 amide bonds. The minimum absolute atomic E-state index is 0.332. The van der Waals surface area contributed by atoms with Crippen LogP contribution in [0.1, 0.15) is 37.3 Å². The van der Waals surface area contributed by atoms with E-state index in [1.165, 1.54) is 14.2 Å². The maximum atomic E-state index is 12.9. The van der Waals surface area contributed by atoms with E-state index in [2.05, 4.69) is 0 Å². The van der Waals surface area contributed by atoms with Crippen molar-refractivity contribution in [3.63, 3.8) is 0 Å². The highest BCUT2D eigenvalue weighted by atomic mass is 16.5. The van der Waals surface area contributed by atoms with Gasteiger partial charge in [0.05, 0.1) is 35.5 Å². The average Bonchev–Trinajstić information content (AvgIpc) is 3.03. The van der Waals surface area contributed by atoms with Gasteiger partial charge >= 0.3 is 11.9 Å². The Kier molecular flexibility index (Phi) is 5.04. The van der Waals surface area contributed by atoms with E-state index in [1.807, 2.05) is 19.1 Å². The van der Waals surface area contributed by atoms with E-state index < -0.39 is 22.8 Å². The summed E-state index contributed by atoms with van der Waals surface area (Å²) < 4.78 is 26.8. The van der Waals surface area contributed by atoms with Gasteiger partial charge in [0.1, 0.15) is 0 Å². The summed E-state index contributed by atoms with van der Waals surface area (Å²) in [6, 6.07) is 1.84. The lowest BCUT2D eigenvalue weighted by Crippen LogP contribution is -2.50. The number of benzene rings is 1.